The maximum absolute atomic E-state index is 5.57. The van der Waals surface area contributed by atoms with Crippen LogP contribution in [0.15, 0.2) is 0 Å². The van der Waals surface area contributed by atoms with Gasteiger partial charge in [-0.2, -0.15) is 0 Å². The summed E-state index contributed by atoms with van der Waals surface area (Å²) < 4.78 is 5.57. The fraction of sp³-hybridized carbons (Fsp3) is 1.00. The summed E-state index contributed by atoms with van der Waals surface area (Å²) in [7, 11) is 1.38. The van der Waals surface area contributed by atoms with Crippen LogP contribution in [-0.4, -0.2) is 12.0 Å². The molecule has 3 heteroatoms. The van der Waals surface area contributed by atoms with E-state index in [1.807, 2.05) is 0 Å². The fourth-order valence-corrected chi connectivity index (χ4v) is 1.81. The van der Waals surface area contributed by atoms with Crippen molar-refractivity contribution in [3.63, 3.8) is 0 Å². The van der Waals surface area contributed by atoms with E-state index in [4.69, 9.17) is 16.4 Å². The third-order valence-electron chi connectivity index (χ3n) is 1.23. The summed E-state index contributed by atoms with van der Waals surface area (Å²) in [5, 5.41) is 0. The van der Waals surface area contributed by atoms with Gasteiger partial charge in [0.05, 0.1) is 6.61 Å². The van der Waals surface area contributed by atoms with Gasteiger partial charge in [0.1, 0.15) is 5.44 Å². The van der Waals surface area contributed by atoms with Gasteiger partial charge in [0.2, 0.25) is 0 Å². The highest BCUT2D eigenvalue weighted by Gasteiger charge is 2.13. The first-order valence-electron chi connectivity index (χ1n) is 3.98. The molecule has 1 nitrogen and oxygen atoms in total. The Bertz CT molecular complexity index is 94.1. The first-order chi connectivity index (χ1) is 5.07. The summed E-state index contributed by atoms with van der Waals surface area (Å²) in [6.45, 7) is 9.36. The van der Waals surface area contributed by atoms with Crippen LogP contribution in [0.3, 0.4) is 0 Å². The molecule has 0 fully saturated rings. The maximum Gasteiger partial charge on any atom is 0.116 e. The smallest absolute Gasteiger partial charge is 0.116 e. The average Bonchev–Trinajstić information content (AvgIpc) is 1.87. The van der Waals surface area contributed by atoms with Gasteiger partial charge in [0.15, 0.2) is 0 Å². The molecule has 0 saturated carbocycles. The highest BCUT2D eigenvalue weighted by Crippen LogP contribution is 2.23. The van der Waals surface area contributed by atoms with Crippen molar-refractivity contribution in [2.75, 3.05) is 6.61 Å². The molecule has 0 bridgehead atoms. The molecule has 0 aliphatic heterocycles. The van der Waals surface area contributed by atoms with E-state index in [1.54, 1.807) is 0 Å². The van der Waals surface area contributed by atoms with E-state index in [-0.39, 0.29) is 5.44 Å². The molecule has 0 aliphatic rings. The predicted octanol–water partition coefficient (Wildman–Crippen LogP) is 3.49. The van der Waals surface area contributed by atoms with Crippen LogP contribution in [0, 0.1) is 11.8 Å². The average molecular weight is 193 g/mol. The van der Waals surface area contributed by atoms with E-state index >= 15 is 0 Å². The molecular weight excluding hydrogens is 176 g/mol. The number of rotatable bonds is 5. The van der Waals surface area contributed by atoms with E-state index in [0.29, 0.717) is 11.8 Å². The van der Waals surface area contributed by atoms with Gasteiger partial charge >= 0.3 is 0 Å². The Morgan fingerprint density at radius 1 is 1.27 bits per heavy atom. The van der Waals surface area contributed by atoms with Gasteiger partial charge in [-0.15, -0.1) is 0 Å². The minimum atomic E-state index is 0.187. The largest absolute Gasteiger partial charge is 0.366 e. The standard InChI is InChI=1S/C8H17OS2/c1-6(2)5-9-8(11-10)7(3)4/h6-8H,5H2,1-4H3. The van der Waals surface area contributed by atoms with Gasteiger partial charge in [-0.3, -0.25) is 0 Å². The summed E-state index contributed by atoms with van der Waals surface area (Å²) in [5.74, 6) is 1.11. The molecule has 0 spiro atoms. The summed E-state index contributed by atoms with van der Waals surface area (Å²) in [5.41, 5.74) is 0.187. The van der Waals surface area contributed by atoms with Crippen LogP contribution in [-0.2, 0) is 4.74 Å². The van der Waals surface area contributed by atoms with E-state index in [1.165, 1.54) is 10.8 Å². The first kappa shape index (κ1) is 11.7. The van der Waals surface area contributed by atoms with Crippen molar-refractivity contribution >= 4 is 22.5 Å². The van der Waals surface area contributed by atoms with Crippen LogP contribution in [0.2, 0.25) is 0 Å². The highest BCUT2D eigenvalue weighted by atomic mass is 33.1. The van der Waals surface area contributed by atoms with Gasteiger partial charge in [-0.05, 0) is 34.3 Å². The third kappa shape index (κ3) is 5.88. The zero-order valence-corrected chi connectivity index (χ0v) is 9.30. The van der Waals surface area contributed by atoms with Crippen LogP contribution in [0.4, 0.5) is 0 Å². The van der Waals surface area contributed by atoms with Crippen LogP contribution < -0.4 is 0 Å². The molecule has 0 heterocycles. The molecule has 0 N–H and O–H groups in total. The highest BCUT2D eigenvalue weighted by molar-refractivity contribution is 8.68. The SMILES string of the molecule is CC(C)COC(S[S])C(C)C. The van der Waals surface area contributed by atoms with Crippen LogP contribution >= 0.6 is 22.5 Å². The topological polar surface area (TPSA) is 9.23 Å². The van der Waals surface area contributed by atoms with Crippen LogP contribution in [0.5, 0.6) is 0 Å². The molecule has 67 valence electrons. The van der Waals surface area contributed by atoms with Crippen molar-refractivity contribution in [1.29, 1.82) is 0 Å². The van der Waals surface area contributed by atoms with Gasteiger partial charge in [-0.1, -0.05) is 27.7 Å². The molecule has 0 aromatic rings. The minimum Gasteiger partial charge on any atom is -0.366 e. The second kappa shape index (κ2) is 6.21. The van der Waals surface area contributed by atoms with Crippen molar-refractivity contribution in [2.24, 2.45) is 11.8 Å². The van der Waals surface area contributed by atoms with Crippen molar-refractivity contribution in [2.45, 2.75) is 33.1 Å². The van der Waals surface area contributed by atoms with Gasteiger partial charge in [0, 0.05) is 0 Å². The van der Waals surface area contributed by atoms with E-state index in [0.717, 1.165) is 6.61 Å². The lowest BCUT2D eigenvalue weighted by atomic mass is 10.2. The molecule has 0 amide bonds. The Labute approximate surface area is 79.1 Å². The molecule has 1 unspecified atom stereocenters. The molecule has 0 rings (SSSR count). The van der Waals surface area contributed by atoms with Crippen LogP contribution in [0.1, 0.15) is 27.7 Å². The molecule has 1 atom stereocenters. The Balaban J connectivity index is 3.52. The lowest BCUT2D eigenvalue weighted by Crippen LogP contribution is -2.17. The molecule has 0 aliphatic carbocycles. The van der Waals surface area contributed by atoms with E-state index in [9.17, 15) is 0 Å². The van der Waals surface area contributed by atoms with Crippen LogP contribution in [0.25, 0.3) is 0 Å². The molecule has 0 aromatic heterocycles. The Kier molecular flexibility index (Phi) is 6.58. The summed E-state index contributed by atoms with van der Waals surface area (Å²) >= 11 is 4.89. The number of hydrogen-bond donors (Lipinski definition) is 0. The molecule has 11 heavy (non-hydrogen) atoms. The Hall–Kier alpha value is 0.660. The molecule has 0 saturated heterocycles. The Morgan fingerprint density at radius 3 is 2.09 bits per heavy atom. The lowest BCUT2D eigenvalue weighted by molar-refractivity contribution is 0.0655. The molecular formula is C8H17OS2. The lowest BCUT2D eigenvalue weighted by Gasteiger charge is -2.19. The summed E-state index contributed by atoms with van der Waals surface area (Å²) in [6.07, 6.45) is 0. The second-order valence-electron chi connectivity index (χ2n) is 3.44. The normalized spacial score (nSPS) is 14.5. The van der Waals surface area contributed by atoms with Crippen molar-refractivity contribution in [3.8, 4) is 0 Å². The monoisotopic (exact) mass is 193 g/mol. The fourth-order valence-electron chi connectivity index (χ4n) is 0.619. The summed E-state index contributed by atoms with van der Waals surface area (Å²) in [6, 6.07) is 0. The Morgan fingerprint density at radius 2 is 1.82 bits per heavy atom. The third-order valence-corrected chi connectivity index (χ3v) is 2.67. The van der Waals surface area contributed by atoms with Gasteiger partial charge in [-0.25, -0.2) is 0 Å². The second-order valence-corrected chi connectivity index (χ2v) is 4.67. The number of ether oxygens (including phenoxy) is 1. The van der Waals surface area contributed by atoms with E-state index in [2.05, 4.69) is 27.7 Å². The van der Waals surface area contributed by atoms with Gasteiger partial charge in [0.25, 0.3) is 0 Å². The van der Waals surface area contributed by atoms with Crippen molar-refractivity contribution < 1.29 is 4.74 Å². The molecule has 1 radical (unpaired) electrons. The molecule has 0 aromatic carbocycles. The van der Waals surface area contributed by atoms with Gasteiger partial charge < -0.3 is 4.74 Å². The zero-order chi connectivity index (χ0) is 8.85. The minimum absolute atomic E-state index is 0.187. The first-order valence-corrected chi connectivity index (χ1v) is 5.78. The van der Waals surface area contributed by atoms with E-state index < -0.39 is 0 Å². The van der Waals surface area contributed by atoms with Crippen molar-refractivity contribution in [1.82, 2.24) is 0 Å². The maximum atomic E-state index is 5.57. The van der Waals surface area contributed by atoms with Crippen molar-refractivity contribution in [3.05, 3.63) is 0 Å². The predicted molar refractivity (Wildman–Crippen MR) is 54.6 cm³/mol. The number of hydrogen-bond acceptors (Lipinski definition) is 2. The summed E-state index contributed by atoms with van der Waals surface area (Å²) in [4.78, 5) is 0. The quantitative estimate of drug-likeness (QED) is 0.488. The zero-order valence-electron chi connectivity index (χ0n) is 7.66.